The molecular formula is C12H11F3INO. The van der Waals surface area contributed by atoms with Gasteiger partial charge in [-0.25, -0.2) is 0 Å². The maximum atomic E-state index is 12.5. The standard InChI is InChI=1S/C12H11F3INO/c1-11(17-10(6-16)7-18-11)8-2-4-9(5-3-8)12(13,14)15/h2-5,7,17H,6H2,1H3. The molecule has 1 N–H and O–H groups in total. The maximum absolute atomic E-state index is 12.5. The fraction of sp³-hybridized carbons (Fsp3) is 0.333. The Morgan fingerprint density at radius 3 is 2.33 bits per heavy atom. The first kappa shape index (κ1) is 13.5. The summed E-state index contributed by atoms with van der Waals surface area (Å²) in [7, 11) is 0. The number of hydrogen-bond acceptors (Lipinski definition) is 2. The Hall–Kier alpha value is -0.920. The van der Waals surface area contributed by atoms with Gasteiger partial charge in [-0.05, 0) is 19.1 Å². The Labute approximate surface area is 116 Å². The van der Waals surface area contributed by atoms with Crippen LogP contribution in [0.2, 0.25) is 0 Å². The van der Waals surface area contributed by atoms with E-state index in [-0.39, 0.29) is 0 Å². The summed E-state index contributed by atoms with van der Waals surface area (Å²) in [4.78, 5) is 0. The molecule has 1 aliphatic rings. The van der Waals surface area contributed by atoms with Crippen LogP contribution in [0.25, 0.3) is 0 Å². The number of nitrogens with one attached hydrogen (secondary N) is 1. The van der Waals surface area contributed by atoms with Crippen LogP contribution in [0.3, 0.4) is 0 Å². The van der Waals surface area contributed by atoms with Crippen LogP contribution in [0.4, 0.5) is 13.2 Å². The average molecular weight is 369 g/mol. The lowest BCUT2D eigenvalue weighted by Gasteiger charge is -2.26. The number of rotatable bonds is 2. The second-order valence-electron chi connectivity index (χ2n) is 4.13. The van der Waals surface area contributed by atoms with E-state index in [0.29, 0.717) is 5.56 Å². The summed E-state index contributed by atoms with van der Waals surface area (Å²) in [5.41, 5.74) is 0.129. The van der Waals surface area contributed by atoms with E-state index in [9.17, 15) is 13.2 Å². The first-order valence-corrected chi connectivity index (χ1v) is 6.76. The molecule has 0 radical (unpaired) electrons. The van der Waals surface area contributed by atoms with E-state index in [0.717, 1.165) is 22.3 Å². The zero-order valence-electron chi connectivity index (χ0n) is 9.51. The van der Waals surface area contributed by atoms with Crippen LogP contribution in [0.15, 0.2) is 36.2 Å². The number of halogens is 4. The third-order valence-corrected chi connectivity index (χ3v) is 3.56. The molecule has 1 heterocycles. The Morgan fingerprint density at radius 2 is 1.89 bits per heavy atom. The Balaban J connectivity index is 2.21. The van der Waals surface area contributed by atoms with Gasteiger partial charge in [0.15, 0.2) is 0 Å². The van der Waals surface area contributed by atoms with Crippen molar-refractivity contribution < 1.29 is 17.9 Å². The zero-order chi connectivity index (χ0) is 13.4. The fourth-order valence-electron chi connectivity index (χ4n) is 1.74. The van der Waals surface area contributed by atoms with E-state index >= 15 is 0 Å². The first-order chi connectivity index (χ1) is 8.35. The molecule has 1 aromatic rings. The molecule has 0 saturated heterocycles. The van der Waals surface area contributed by atoms with Gasteiger partial charge in [-0.2, -0.15) is 13.2 Å². The summed E-state index contributed by atoms with van der Waals surface area (Å²) in [5.74, 6) is 0. The van der Waals surface area contributed by atoms with Crippen molar-refractivity contribution in [2.45, 2.75) is 18.8 Å². The minimum Gasteiger partial charge on any atom is -0.470 e. The largest absolute Gasteiger partial charge is 0.470 e. The minimum absolute atomic E-state index is 0.657. The van der Waals surface area contributed by atoms with Gasteiger partial charge < -0.3 is 10.1 Å². The van der Waals surface area contributed by atoms with Crippen LogP contribution < -0.4 is 5.32 Å². The van der Waals surface area contributed by atoms with E-state index < -0.39 is 17.5 Å². The Bertz CT molecular complexity index is 469. The SMILES string of the molecule is CC1(c2ccc(C(F)(F)F)cc2)NC(CI)=CO1. The van der Waals surface area contributed by atoms with Crippen molar-refractivity contribution >= 4 is 22.6 Å². The normalized spacial score (nSPS) is 23.3. The van der Waals surface area contributed by atoms with Gasteiger partial charge in [0.2, 0.25) is 5.72 Å². The molecule has 0 saturated carbocycles. The van der Waals surface area contributed by atoms with Crippen molar-refractivity contribution in [3.63, 3.8) is 0 Å². The van der Waals surface area contributed by atoms with E-state index in [1.807, 2.05) is 0 Å². The number of benzene rings is 1. The van der Waals surface area contributed by atoms with Gasteiger partial charge in [0.25, 0.3) is 0 Å². The molecule has 0 fully saturated rings. The molecule has 1 aromatic carbocycles. The summed E-state index contributed by atoms with van der Waals surface area (Å²) in [5, 5.41) is 3.14. The lowest BCUT2D eigenvalue weighted by molar-refractivity contribution is -0.137. The van der Waals surface area contributed by atoms with Gasteiger partial charge in [0, 0.05) is 9.99 Å². The molecule has 0 aliphatic carbocycles. The van der Waals surface area contributed by atoms with Crippen molar-refractivity contribution in [2.75, 3.05) is 4.43 Å². The van der Waals surface area contributed by atoms with E-state index in [4.69, 9.17) is 4.74 Å². The van der Waals surface area contributed by atoms with Crippen LogP contribution in [0.1, 0.15) is 18.1 Å². The lowest BCUT2D eigenvalue weighted by atomic mass is 10.0. The van der Waals surface area contributed by atoms with Crippen molar-refractivity contribution in [1.29, 1.82) is 0 Å². The molecule has 2 rings (SSSR count). The molecule has 0 bridgehead atoms. The summed E-state index contributed by atoms with van der Waals surface area (Å²) in [6, 6.07) is 4.99. The zero-order valence-corrected chi connectivity index (χ0v) is 11.7. The molecule has 18 heavy (non-hydrogen) atoms. The number of ether oxygens (including phenoxy) is 1. The van der Waals surface area contributed by atoms with Crippen LogP contribution in [0.5, 0.6) is 0 Å². The molecule has 0 spiro atoms. The van der Waals surface area contributed by atoms with E-state index in [2.05, 4.69) is 27.9 Å². The molecule has 2 nitrogen and oxygen atoms in total. The van der Waals surface area contributed by atoms with Gasteiger partial charge in [-0.3, -0.25) is 0 Å². The van der Waals surface area contributed by atoms with Gasteiger partial charge in [0.1, 0.15) is 6.26 Å². The molecule has 0 aromatic heterocycles. The van der Waals surface area contributed by atoms with E-state index in [1.54, 1.807) is 13.2 Å². The van der Waals surface area contributed by atoms with Gasteiger partial charge in [-0.1, -0.05) is 34.7 Å². The second-order valence-corrected chi connectivity index (χ2v) is 4.89. The summed E-state index contributed by atoms with van der Waals surface area (Å²) < 4.78 is 43.6. The minimum atomic E-state index is -4.31. The molecule has 0 amide bonds. The third kappa shape index (κ3) is 2.57. The highest BCUT2D eigenvalue weighted by atomic mass is 127. The highest BCUT2D eigenvalue weighted by Crippen LogP contribution is 2.33. The predicted octanol–water partition coefficient (Wildman–Crippen LogP) is 3.77. The molecule has 98 valence electrons. The quantitative estimate of drug-likeness (QED) is 0.633. The highest BCUT2D eigenvalue weighted by molar-refractivity contribution is 14.1. The predicted molar refractivity (Wildman–Crippen MR) is 70.0 cm³/mol. The van der Waals surface area contributed by atoms with Crippen LogP contribution in [0, 0.1) is 0 Å². The van der Waals surface area contributed by atoms with Crippen molar-refractivity contribution in [2.24, 2.45) is 0 Å². The summed E-state index contributed by atoms with van der Waals surface area (Å²) in [6.07, 6.45) is -2.71. The topological polar surface area (TPSA) is 21.3 Å². The number of alkyl halides is 4. The van der Waals surface area contributed by atoms with E-state index in [1.165, 1.54) is 12.1 Å². The van der Waals surface area contributed by atoms with Crippen LogP contribution >= 0.6 is 22.6 Å². The lowest BCUT2D eigenvalue weighted by Crippen LogP contribution is -2.36. The number of allylic oxidation sites excluding steroid dienone is 1. The second kappa shape index (κ2) is 4.64. The molecular weight excluding hydrogens is 358 g/mol. The third-order valence-electron chi connectivity index (χ3n) is 2.74. The summed E-state index contributed by atoms with van der Waals surface area (Å²) in [6.45, 7) is 1.78. The van der Waals surface area contributed by atoms with Crippen LogP contribution in [-0.4, -0.2) is 4.43 Å². The Kier molecular flexibility index (Phi) is 3.48. The molecule has 6 heteroatoms. The molecule has 1 aliphatic heterocycles. The van der Waals surface area contributed by atoms with Crippen molar-refractivity contribution in [1.82, 2.24) is 5.32 Å². The highest BCUT2D eigenvalue weighted by Gasteiger charge is 2.34. The monoisotopic (exact) mass is 369 g/mol. The fourth-order valence-corrected chi connectivity index (χ4v) is 2.11. The van der Waals surface area contributed by atoms with Gasteiger partial charge in [-0.15, -0.1) is 0 Å². The summed E-state index contributed by atoms with van der Waals surface area (Å²) >= 11 is 2.18. The van der Waals surface area contributed by atoms with Crippen molar-refractivity contribution in [3.8, 4) is 0 Å². The molecule has 1 unspecified atom stereocenters. The first-order valence-electron chi connectivity index (χ1n) is 5.24. The average Bonchev–Trinajstić information content (AvgIpc) is 2.72. The van der Waals surface area contributed by atoms with Gasteiger partial charge in [0.05, 0.1) is 11.3 Å². The smallest absolute Gasteiger partial charge is 0.416 e. The van der Waals surface area contributed by atoms with Crippen LogP contribution in [-0.2, 0) is 16.6 Å². The Morgan fingerprint density at radius 1 is 1.28 bits per heavy atom. The number of hydrogen-bond donors (Lipinski definition) is 1. The van der Waals surface area contributed by atoms with Crippen molar-refractivity contribution in [3.05, 3.63) is 47.4 Å². The molecule has 1 atom stereocenters. The van der Waals surface area contributed by atoms with Gasteiger partial charge >= 0.3 is 6.18 Å². The maximum Gasteiger partial charge on any atom is 0.416 e.